The van der Waals surface area contributed by atoms with Gasteiger partial charge in [0.25, 0.3) is 5.91 Å². The maximum atomic E-state index is 11.8. The standard InChI is InChI=1S/C11H12N2O3S/c1-6-8(2-3-10(15)12-6)13-11(16)9-4-7(14)5-17-9/h4-5,8,14H,1-3H2,(H,12,15)(H,13,16). The van der Waals surface area contributed by atoms with Gasteiger partial charge in [0.1, 0.15) is 5.75 Å². The Balaban J connectivity index is 1.99. The molecule has 0 bridgehead atoms. The van der Waals surface area contributed by atoms with Crippen molar-refractivity contribution in [3.05, 3.63) is 28.6 Å². The highest BCUT2D eigenvalue weighted by Crippen LogP contribution is 2.20. The van der Waals surface area contributed by atoms with Crippen LogP contribution in [0, 0.1) is 0 Å². The van der Waals surface area contributed by atoms with Crippen LogP contribution in [0.4, 0.5) is 0 Å². The van der Waals surface area contributed by atoms with Gasteiger partial charge in [0.05, 0.1) is 10.9 Å². The molecule has 0 saturated carbocycles. The lowest BCUT2D eigenvalue weighted by Crippen LogP contribution is -2.45. The van der Waals surface area contributed by atoms with Crippen LogP contribution < -0.4 is 10.6 Å². The summed E-state index contributed by atoms with van der Waals surface area (Å²) in [7, 11) is 0. The van der Waals surface area contributed by atoms with Gasteiger partial charge >= 0.3 is 0 Å². The molecule has 2 amide bonds. The Hall–Kier alpha value is -1.82. The van der Waals surface area contributed by atoms with E-state index in [2.05, 4.69) is 17.2 Å². The average molecular weight is 252 g/mol. The molecule has 2 heterocycles. The summed E-state index contributed by atoms with van der Waals surface area (Å²) in [5.41, 5.74) is 0.510. The van der Waals surface area contributed by atoms with E-state index in [4.69, 9.17) is 5.11 Å². The normalized spacial score (nSPS) is 19.9. The third kappa shape index (κ3) is 2.65. The molecule has 1 fully saturated rings. The lowest BCUT2D eigenvalue weighted by Gasteiger charge is -2.25. The first kappa shape index (κ1) is 11.7. The predicted octanol–water partition coefficient (Wildman–Crippen LogP) is 0.976. The lowest BCUT2D eigenvalue weighted by molar-refractivity contribution is -0.121. The minimum Gasteiger partial charge on any atom is -0.507 e. The molecule has 6 heteroatoms. The largest absolute Gasteiger partial charge is 0.507 e. The molecule has 17 heavy (non-hydrogen) atoms. The predicted molar refractivity (Wildman–Crippen MR) is 63.8 cm³/mol. The fraction of sp³-hybridized carbons (Fsp3) is 0.273. The summed E-state index contributed by atoms with van der Waals surface area (Å²) in [6.07, 6.45) is 0.924. The first-order valence-electron chi connectivity index (χ1n) is 5.13. The van der Waals surface area contributed by atoms with Crippen LogP contribution in [0.15, 0.2) is 23.7 Å². The minimum atomic E-state index is -0.266. The van der Waals surface area contributed by atoms with Gasteiger partial charge in [0, 0.05) is 23.6 Å². The summed E-state index contributed by atoms with van der Waals surface area (Å²) in [5.74, 6) is -0.261. The van der Waals surface area contributed by atoms with Crippen LogP contribution in [-0.2, 0) is 4.79 Å². The van der Waals surface area contributed by atoms with Crippen LogP contribution in [0.5, 0.6) is 5.75 Å². The summed E-state index contributed by atoms with van der Waals surface area (Å²) < 4.78 is 0. The topological polar surface area (TPSA) is 78.4 Å². The Morgan fingerprint density at radius 2 is 2.41 bits per heavy atom. The van der Waals surface area contributed by atoms with Crippen molar-refractivity contribution in [3.63, 3.8) is 0 Å². The molecule has 0 spiro atoms. The number of carbonyl (C=O) groups excluding carboxylic acids is 2. The summed E-state index contributed by atoms with van der Waals surface area (Å²) in [5, 5.41) is 16.0. The van der Waals surface area contributed by atoms with Crippen molar-refractivity contribution in [1.29, 1.82) is 0 Å². The van der Waals surface area contributed by atoms with E-state index in [1.807, 2.05) is 0 Å². The van der Waals surface area contributed by atoms with Crippen LogP contribution in [0.1, 0.15) is 22.5 Å². The van der Waals surface area contributed by atoms with Gasteiger partial charge in [-0.15, -0.1) is 11.3 Å². The van der Waals surface area contributed by atoms with Gasteiger partial charge in [0.15, 0.2) is 0 Å². The van der Waals surface area contributed by atoms with Gasteiger partial charge in [-0.25, -0.2) is 0 Å². The monoisotopic (exact) mass is 252 g/mol. The van der Waals surface area contributed by atoms with Crippen molar-refractivity contribution in [2.75, 3.05) is 0 Å². The Morgan fingerprint density at radius 1 is 1.65 bits per heavy atom. The van der Waals surface area contributed by atoms with Crippen molar-refractivity contribution in [1.82, 2.24) is 10.6 Å². The van der Waals surface area contributed by atoms with E-state index in [1.54, 1.807) is 0 Å². The van der Waals surface area contributed by atoms with E-state index < -0.39 is 0 Å². The quantitative estimate of drug-likeness (QED) is 0.734. The van der Waals surface area contributed by atoms with Crippen LogP contribution in [-0.4, -0.2) is 23.0 Å². The maximum absolute atomic E-state index is 11.8. The third-order valence-electron chi connectivity index (χ3n) is 2.50. The molecule has 1 unspecified atom stereocenters. The van der Waals surface area contributed by atoms with E-state index >= 15 is 0 Å². The lowest BCUT2D eigenvalue weighted by atomic mass is 10.0. The first-order valence-corrected chi connectivity index (χ1v) is 6.01. The number of thiophene rings is 1. The SMILES string of the molecule is C=C1NC(=O)CCC1NC(=O)c1cc(O)cs1. The Labute approximate surface area is 102 Å². The van der Waals surface area contributed by atoms with Crippen molar-refractivity contribution >= 4 is 23.2 Å². The highest BCUT2D eigenvalue weighted by Gasteiger charge is 2.24. The molecule has 1 aliphatic heterocycles. The Bertz CT molecular complexity index is 481. The van der Waals surface area contributed by atoms with Crippen molar-refractivity contribution in [2.45, 2.75) is 18.9 Å². The summed E-state index contributed by atoms with van der Waals surface area (Å²) >= 11 is 1.17. The van der Waals surface area contributed by atoms with E-state index in [9.17, 15) is 9.59 Å². The van der Waals surface area contributed by atoms with Gasteiger partial charge in [0.2, 0.25) is 5.91 Å². The van der Waals surface area contributed by atoms with E-state index in [-0.39, 0.29) is 23.6 Å². The average Bonchev–Trinajstić information content (AvgIpc) is 2.69. The second kappa shape index (κ2) is 4.58. The van der Waals surface area contributed by atoms with Crippen LogP contribution >= 0.6 is 11.3 Å². The molecule has 1 aromatic heterocycles. The molecule has 0 aromatic carbocycles. The van der Waals surface area contributed by atoms with Crippen molar-refractivity contribution < 1.29 is 14.7 Å². The number of hydrogen-bond donors (Lipinski definition) is 3. The highest BCUT2D eigenvalue weighted by molar-refractivity contribution is 7.12. The van der Waals surface area contributed by atoms with Crippen LogP contribution in [0.2, 0.25) is 0 Å². The van der Waals surface area contributed by atoms with Crippen molar-refractivity contribution in [3.8, 4) is 5.75 Å². The van der Waals surface area contributed by atoms with Crippen molar-refractivity contribution in [2.24, 2.45) is 0 Å². The summed E-state index contributed by atoms with van der Waals surface area (Å²) in [6.45, 7) is 3.71. The summed E-state index contributed by atoms with van der Waals surface area (Å²) in [6, 6.07) is 1.16. The molecule has 1 atom stereocenters. The minimum absolute atomic E-state index is 0.0748. The number of piperidine rings is 1. The van der Waals surface area contributed by atoms with Gasteiger partial charge in [-0.05, 0) is 6.42 Å². The number of nitrogens with one attached hydrogen (secondary N) is 2. The number of rotatable bonds is 2. The van der Waals surface area contributed by atoms with Gasteiger partial charge in [-0.2, -0.15) is 0 Å². The smallest absolute Gasteiger partial charge is 0.262 e. The van der Waals surface area contributed by atoms with E-state index in [0.29, 0.717) is 23.4 Å². The number of carbonyl (C=O) groups is 2. The highest BCUT2D eigenvalue weighted by atomic mass is 32.1. The molecule has 3 N–H and O–H groups in total. The molecule has 1 aromatic rings. The third-order valence-corrected chi connectivity index (χ3v) is 3.41. The fourth-order valence-electron chi connectivity index (χ4n) is 1.61. The zero-order chi connectivity index (χ0) is 12.4. The molecular weight excluding hydrogens is 240 g/mol. The molecule has 5 nitrogen and oxygen atoms in total. The zero-order valence-electron chi connectivity index (χ0n) is 9.03. The Kier molecular flexibility index (Phi) is 3.14. The second-order valence-electron chi connectivity index (χ2n) is 3.81. The fourth-order valence-corrected chi connectivity index (χ4v) is 2.28. The first-order chi connectivity index (χ1) is 8.06. The molecule has 0 radical (unpaired) electrons. The van der Waals surface area contributed by atoms with Crippen LogP contribution in [0.3, 0.4) is 0 Å². The molecule has 2 rings (SSSR count). The van der Waals surface area contributed by atoms with Gasteiger partial charge in [-0.1, -0.05) is 6.58 Å². The van der Waals surface area contributed by atoms with E-state index in [1.165, 1.54) is 22.8 Å². The maximum Gasteiger partial charge on any atom is 0.262 e. The zero-order valence-corrected chi connectivity index (χ0v) is 9.84. The number of aromatic hydroxyl groups is 1. The Morgan fingerprint density at radius 3 is 3.00 bits per heavy atom. The van der Waals surface area contributed by atoms with Gasteiger partial charge < -0.3 is 15.7 Å². The molecule has 90 valence electrons. The molecule has 1 aliphatic rings. The van der Waals surface area contributed by atoms with Crippen LogP contribution in [0.25, 0.3) is 0 Å². The van der Waals surface area contributed by atoms with E-state index in [0.717, 1.165) is 0 Å². The second-order valence-corrected chi connectivity index (χ2v) is 4.72. The molecular formula is C11H12N2O3S. The molecule has 1 saturated heterocycles. The molecule has 0 aliphatic carbocycles. The number of hydrogen-bond acceptors (Lipinski definition) is 4. The number of amides is 2. The van der Waals surface area contributed by atoms with Gasteiger partial charge in [-0.3, -0.25) is 9.59 Å². The summed E-state index contributed by atoms with van der Waals surface area (Å²) in [4.78, 5) is 23.3.